The Morgan fingerprint density at radius 3 is 1.69 bits per heavy atom. The molecule has 0 atom stereocenters. The molecule has 3 heteroatoms. The number of hydrogen-bond acceptors (Lipinski definition) is 2. The predicted octanol–water partition coefficient (Wildman–Crippen LogP) is 10.00. The zero-order valence-electron chi connectivity index (χ0n) is 28.6. The maximum atomic E-state index is 2.75. The maximum absolute atomic E-state index is 2.75. The fourth-order valence-corrected chi connectivity index (χ4v) is 9.96. The number of anilines is 5. The molecule has 0 unspecified atom stereocenters. The Bertz CT molecular complexity index is 2360. The normalized spacial score (nSPS) is 17.8. The van der Waals surface area contributed by atoms with Crippen LogP contribution in [0.4, 0.5) is 28.4 Å². The van der Waals surface area contributed by atoms with Gasteiger partial charge in [-0.3, -0.25) is 0 Å². The molecule has 2 nitrogen and oxygen atoms in total. The third-order valence-corrected chi connectivity index (χ3v) is 12.3. The first-order chi connectivity index (χ1) is 23.1. The van der Waals surface area contributed by atoms with Crippen LogP contribution in [-0.4, -0.2) is 6.85 Å². The topological polar surface area (TPSA) is 6.48 Å². The van der Waals surface area contributed by atoms with Gasteiger partial charge in [0.25, 0.3) is 0 Å². The van der Waals surface area contributed by atoms with Gasteiger partial charge in [0.1, 0.15) is 0 Å². The number of para-hydroxylation sites is 4. The highest BCUT2D eigenvalue weighted by molar-refractivity contribution is 6.92. The van der Waals surface area contributed by atoms with Crippen molar-refractivity contribution in [1.29, 1.82) is 0 Å². The summed E-state index contributed by atoms with van der Waals surface area (Å²) in [6, 6.07) is 48.4. The van der Waals surface area contributed by atoms with Crippen LogP contribution in [0.5, 0.6) is 0 Å². The number of fused-ring (bicyclic) bond motifs is 10. The van der Waals surface area contributed by atoms with Crippen LogP contribution in [0.1, 0.15) is 74.9 Å². The van der Waals surface area contributed by atoms with Gasteiger partial charge in [-0.1, -0.05) is 151 Å². The van der Waals surface area contributed by atoms with Gasteiger partial charge in [-0.25, -0.2) is 0 Å². The fourth-order valence-electron chi connectivity index (χ4n) is 9.96. The molecule has 4 aliphatic rings. The van der Waals surface area contributed by atoms with Crippen molar-refractivity contribution >= 4 is 46.2 Å². The summed E-state index contributed by atoms with van der Waals surface area (Å²) in [7, 11) is 0. The Hall–Kier alpha value is -5.02. The highest BCUT2D eigenvalue weighted by Gasteiger charge is 2.51. The van der Waals surface area contributed by atoms with E-state index in [-0.39, 0.29) is 23.1 Å². The molecule has 0 aromatic heterocycles. The number of nitrogens with zero attached hydrogens (tertiary/aromatic N) is 2. The van der Waals surface area contributed by atoms with Gasteiger partial charge >= 0.3 is 6.85 Å². The third-order valence-electron chi connectivity index (χ3n) is 12.3. The van der Waals surface area contributed by atoms with E-state index in [1.54, 1.807) is 0 Å². The van der Waals surface area contributed by atoms with Crippen LogP contribution >= 0.6 is 0 Å². The molecule has 232 valence electrons. The van der Waals surface area contributed by atoms with Crippen molar-refractivity contribution in [2.75, 3.05) is 9.71 Å². The molecule has 0 bridgehead atoms. The largest absolute Gasteiger partial charge is 0.376 e. The molecule has 0 amide bonds. The minimum atomic E-state index is -0.167. The number of benzene rings is 6. The molecule has 1 aliphatic carbocycles. The lowest BCUT2D eigenvalue weighted by Crippen LogP contribution is -2.62. The van der Waals surface area contributed by atoms with Gasteiger partial charge in [-0.2, -0.15) is 0 Å². The minimum Gasteiger partial charge on any atom is -0.376 e. The first-order valence-electron chi connectivity index (χ1n) is 17.4. The molecular formula is C45H39BN2. The van der Waals surface area contributed by atoms with E-state index < -0.39 is 0 Å². The van der Waals surface area contributed by atoms with Crippen LogP contribution < -0.4 is 20.6 Å². The molecule has 6 aromatic carbocycles. The van der Waals surface area contributed by atoms with Gasteiger partial charge in [0.05, 0.1) is 5.69 Å². The van der Waals surface area contributed by atoms with Gasteiger partial charge in [-0.05, 0) is 73.6 Å². The molecule has 0 N–H and O–H groups in total. The Kier molecular flexibility index (Phi) is 5.32. The number of hydrogen-bond donors (Lipinski definition) is 0. The SMILES string of the molecule is CC1(C)c2ccccc2N(B2c3ccccc3N3c4ccccc4C(C)(C)c4cccc2c43)c2c1ccc1c2C(C)(C)c2ccccc2-1. The fraction of sp³-hybridized carbons (Fsp3) is 0.200. The van der Waals surface area contributed by atoms with Gasteiger partial charge in [0.15, 0.2) is 0 Å². The Morgan fingerprint density at radius 1 is 0.396 bits per heavy atom. The quantitative estimate of drug-likeness (QED) is 0.169. The molecule has 3 heterocycles. The van der Waals surface area contributed by atoms with Crippen molar-refractivity contribution in [2.45, 2.75) is 57.8 Å². The molecule has 0 saturated heterocycles. The first-order valence-corrected chi connectivity index (χ1v) is 17.4. The second-order valence-electron chi connectivity index (χ2n) is 15.7. The average molecular weight is 619 g/mol. The molecule has 0 saturated carbocycles. The molecule has 0 fully saturated rings. The summed E-state index contributed by atoms with van der Waals surface area (Å²) in [6.45, 7) is 14.5. The number of rotatable bonds is 1. The summed E-state index contributed by atoms with van der Waals surface area (Å²) >= 11 is 0. The highest BCUT2D eigenvalue weighted by atomic mass is 15.2. The van der Waals surface area contributed by atoms with Crippen molar-refractivity contribution in [3.05, 3.63) is 161 Å². The van der Waals surface area contributed by atoms with Gasteiger partial charge in [-0.15, -0.1) is 0 Å². The van der Waals surface area contributed by atoms with Crippen molar-refractivity contribution < 1.29 is 0 Å². The lowest BCUT2D eigenvalue weighted by Gasteiger charge is -2.51. The Morgan fingerprint density at radius 2 is 0.938 bits per heavy atom. The van der Waals surface area contributed by atoms with Crippen molar-refractivity contribution in [2.24, 2.45) is 0 Å². The summed E-state index contributed by atoms with van der Waals surface area (Å²) < 4.78 is 0. The summed E-state index contributed by atoms with van der Waals surface area (Å²) in [5, 5.41) is 0. The van der Waals surface area contributed by atoms with Crippen molar-refractivity contribution in [3.63, 3.8) is 0 Å². The van der Waals surface area contributed by atoms with Crippen LogP contribution in [0.25, 0.3) is 11.1 Å². The van der Waals surface area contributed by atoms with Crippen molar-refractivity contribution in [3.8, 4) is 11.1 Å². The summed E-state index contributed by atoms with van der Waals surface area (Å²) in [6.07, 6.45) is 0. The molecule has 0 spiro atoms. The van der Waals surface area contributed by atoms with E-state index in [2.05, 4.69) is 179 Å². The zero-order chi connectivity index (χ0) is 32.7. The van der Waals surface area contributed by atoms with E-state index in [1.165, 1.54) is 83.9 Å². The second-order valence-corrected chi connectivity index (χ2v) is 15.7. The smallest absolute Gasteiger partial charge is 0.332 e. The Labute approximate surface area is 284 Å². The Balaban J connectivity index is 1.34. The molecule has 6 aromatic rings. The van der Waals surface area contributed by atoms with Gasteiger partial charge in [0.2, 0.25) is 0 Å². The summed E-state index contributed by atoms with van der Waals surface area (Å²) in [4.78, 5) is 5.31. The van der Waals surface area contributed by atoms with Gasteiger partial charge in [0, 0.05) is 39.0 Å². The van der Waals surface area contributed by atoms with E-state index in [4.69, 9.17) is 0 Å². The second kappa shape index (κ2) is 9.11. The monoisotopic (exact) mass is 618 g/mol. The van der Waals surface area contributed by atoms with E-state index in [9.17, 15) is 0 Å². The van der Waals surface area contributed by atoms with Crippen LogP contribution in [0.3, 0.4) is 0 Å². The van der Waals surface area contributed by atoms with E-state index >= 15 is 0 Å². The minimum absolute atomic E-state index is 0.0181. The average Bonchev–Trinajstić information content (AvgIpc) is 3.33. The first kappa shape index (κ1) is 28.0. The molecule has 0 radical (unpaired) electrons. The lowest BCUT2D eigenvalue weighted by molar-refractivity contribution is 0.619. The highest BCUT2D eigenvalue weighted by Crippen LogP contribution is 2.60. The maximum Gasteiger partial charge on any atom is 0.332 e. The van der Waals surface area contributed by atoms with Crippen LogP contribution in [0.2, 0.25) is 0 Å². The van der Waals surface area contributed by atoms with Crippen molar-refractivity contribution in [1.82, 2.24) is 0 Å². The lowest BCUT2D eigenvalue weighted by atomic mass is 9.44. The third kappa shape index (κ3) is 3.25. The van der Waals surface area contributed by atoms with E-state index in [0.29, 0.717) is 0 Å². The molecular weight excluding hydrogens is 579 g/mol. The van der Waals surface area contributed by atoms with Crippen LogP contribution in [0.15, 0.2) is 127 Å². The van der Waals surface area contributed by atoms with Crippen LogP contribution in [0, 0.1) is 0 Å². The molecule has 10 rings (SSSR count). The van der Waals surface area contributed by atoms with E-state index in [0.717, 1.165) is 0 Å². The van der Waals surface area contributed by atoms with E-state index in [1.807, 2.05) is 0 Å². The zero-order valence-corrected chi connectivity index (χ0v) is 28.6. The standard InChI is InChI=1S/C45H39BN2/c1-43(2)31-18-9-12-23-37(31)47-39-25-14-11-21-35(39)46(36-22-15-20-33(43)41(36)47)48-38-24-13-10-19-32(38)44(3,4)34-27-26-29-28-16-7-8-17-30(28)45(5,6)40(29)42(34)48/h7-27H,1-6H3. The predicted molar refractivity (Wildman–Crippen MR) is 203 cm³/mol. The summed E-state index contributed by atoms with van der Waals surface area (Å²) in [5.74, 6) is 0. The molecule has 3 aliphatic heterocycles. The van der Waals surface area contributed by atoms with Crippen LogP contribution in [-0.2, 0) is 16.2 Å². The van der Waals surface area contributed by atoms with Gasteiger partial charge < -0.3 is 9.71 Å². The molecule has 48 heavy (non-hydrogen) atoms. The summed E-state index contributed by atoms with van der Waals surface area (Å²) in [5.41, 5.74) is 19.9.